The van der Waals surface area contributed by atoms with Crippen LogP contribution in [0.1, 0.15) is 10.4 Å². The van der Waals surface area contributed by atoms with E-state index < -0.39 is 22.6 Å². The average molecular weight is 454 g/mol. The number of ether oxygens (including phenoxy) is 1. The van der Waals surface area contributed by atoms with Crippen LogP contribution in [-0.4, -0.2) is 73.5 Å². The van der Waals surface area contributed by atoms with E-state index in [0.29, 0.717) is 22.2 Å². The zero-order valence-corrected chi connectivity index (χ0v) is 18.4. The number of hydrogen-bond acceptors (Lipinski definition) is 6. The number of amides is 1. The predicted octanol–water partition coefficient (Wildman–Crippen LogP) is 2.16. The fourth-order valence-electron chi connectivity index (χ4n) is 3.67. The number of fused-ring (bicyclic) bond motifs is 1. The summed E-state index contributed by atoms with van der Waals surface area (Å²) in [5.41, 5.74) is 2.50. The Balaban J connectivity index is 1.49. The van der Waals surface area contributed by atoms with Crippen LogP contribution in [0.5, 0.6) is 0 Å². The Kier molecular flexibility index (Phi) is 6.20. The monoisotopic (exact) mass is 453 g/mol. The number of carbonyl (C=O) groups excluding carboxylic acids is 2. The first-order chi connectivity index (χ1) is 15.3. The number of hydrogen-bond donors (Lipinski definition) is 0. The molecule has 1 amide bonds. The molecule has 0 unspecified atom stereocenters. The van der Waals surface area contributed by atoms with E-state index in [2.05, 4.69) is 4.98 Å². The van der Waals surface area contributed by atoms with Crippen LogP contribution in [0.15, 0.2) is 60.7 Å². The van der Waals surface area contributed by atoms with E-state index in [4.69, 9.17) is 4.74 Å². The van der Waals surface area contributed by atoms with Crippen LogP contribution in [0.2, 0.25) is 0 Å². The van der Waals surface area contributed by atoms with Gasteiger partial charge in [-0.1, -0.05) is 48.5 Å². The summed E-state index contributed by atoms with van der Waals surface area (Å²) in [4.78, 5) is 31.6. The van der Waals surface area contributed by atoms with E-state index in [1.807, 2.05) is 48.5 Å². The number of carbonyl (C=O) groups is 2. The summed E-state index contributed by atoms with van der Waals surface area (Å²) in [6.45, 7) is 0.580. The van der Waals surface area contributed by atoms with Gasteiger partial charge in [-0.2, -0.15) is 4.31 Å². The highest BCUT2D eigenvalue weighted by Crippen LogP contribution is 2.25. The van der Waals surface area contributed by atoms with Crippen molar-refractivity contribution in [3.63, 3.8) is 0 Å². The van der Waals surface area contributed by atoms with E-state index in [1.165, 1.54) is 9.21 Å². The second-order valence-electron chi connectivity index (χ2n) is 7.56. The molecule has 0 radical (unpaired) electrons. The SMILES string of the molecule is CS(=O)(=O)N1CCN(C(=O)COC(=O)c2cc(-c3ccccc3)nc3ccccc23)CC1. The third-order valence-corrected chi connectivity index (χ3v) is 6.70. The predicted molar refractivity (Wildman–Crippen MR) is 120 cm³/mol. The minimum Gasteiger partial charge on any atom is -0.452 e. The number of aromatic nitrogens is 1. The van der Waals surface area contributed by atoms with E-state index in [-0.39, 0.29) is 32.1 Å². The molecule has 2 aromatic carbocycles. The lowest BCUT2D eigenvalue weighted by atomic mass is 10.0. The standard InChI is InChI=1S/C23H23N3O5S/c1-32(29,30)26-13-11-25(12-14-26)22(27)16-31-23(28)19-15-21(17-7-3-2-4-8-17)24-20-10-6-5-9-18(19)20/h2-10,15H,11-14,16H2,1H3. The number of nitrogens with zero attached hydrogens (tertiary/aromatic N) is 3. The number of benzene rings is 2. The van der Waals surface area contributed by atoms with Crippen LogP contribution in [0.4, 0.5) is 0 Å². The summed E-state index contributed by atoms with van der Waals surface area (Å²) < 4.78 is 29.9. The number of para-hydroxylation sites is 1. The molecule has 166 valence electrons. The van der Waals surface area contributed by atoms with Crippen LogP contribution in [0.25, 0.3) is 22.2 Å². The zero-order valence-electron chi connectivity index (χ0n) is 17.6. The summed E-state index contributed by atoms with van der Waals surface area (Å²) in [6.07, 6.45) is 1.15. The molecule has 4 rings (SSSR count). The highest BCUT2D eigenvalue weighted by molar-refractivity contribution is 7.88. The number of esters is 1. The average Bonchev–Trinajstić information content (AvgIpc) is 2.81. The van der Waals surface area contributed by atoms with E-state index >= 15 is 0 Å². The van der Waals surface area contributed by atoms with E-state index in [9.17, 15) is 18.0 Å². The summed E-state index contributed by atoms with van der Waals surface area (Å²) in [5, 5.41) is 0.645. The lowest BCUT2D eigenvalue weighted by Crippen LogP contribution is -2.51. The third-order valence-electron chi connectivity index (χ3n) is 5.39. The topological polar surface area (TPSA) is 96.9 Å². The fourth-order valence-corrected chi connectivity index (χ4v) is 4.49. The number of sulfonamides is 1. The molecule has 0 atom stereocenters. The van der Waals surface area contributed by atoms with Gasteiger partial charge in [-0.25, -0.2) is 18.2 Å². The highest BCUT2D eigenvalue weighted by Gasteiger charge is 2.26. The Morgan fingerprint density at radius 2 is 1.62 bits per heavy atom. The molecule has 1 saturated heterocycles. The molecule has 1 fully saturated rings. The molecule has 0 saturated carbocycles. The van der Waals surface area contributed by atoms with Crippen molar-refractivity contribution in [2.24, 2.45) is 0 Å². The van der Waals surface area contributed by atoms with Crippen LogP contribution in [-0.2, 0) is 19.6 Å². The molecule has 9 heteroatoms. The maximum atomic E-state index is 12.9. The minimum absolute atomic E-state index is 0.230. The molecule has 3 aromatic rings. The van der Waals surface area contributed by atoms with Gasteiger partial charge >= 0.3 is 5.97 Å². The molecule has 0 bridgehead atoms. The van der Waals surface area contributed by atoms with E-state index in [1.54, 1.807) is 12.1 Å². The summed E-state index contributed by atoms with van der Waals surface area (Å²) in [6, 6.07) is 18.5. The molecular formula is C23H23N3O5S. The van der Waals surface area contributed by atoms with Crippen molar-refractivity contribution in [3.05, 3.63) is 66.2 Å². The van der Waals surface area contributed by atoms with Gasteiger partial charge < -0.3 is 9.64 Å². The lowest BCUT2D eigenvalue weighted by Gasteiger charge is -2.33. The highest BCUT2D eigenvalue weighted by atomic mass is 32.2. The lowest BCUT2D eigenvalue weighted by molar-refractivity contribution is -0.135. The van der Waals surface area contributed by atoms with Gasteiger partial charge in [-0.05, 0) is 12.1 Å². The van der Waals surface area contributed by atoms with Gasteiger partial charge in [0, 0.05) is 37.1 Å². The van der Waals surface area contributed by atoms with Crippen molar-refractivity contribution in [3.8, 4) is 11.3 Å². The van der Waals surface area contributed by atoms with E-state index in [0.717, 1.165) is 11.8 Å². The summed E-state index contributed by atoms with van der Waals surface area (Å²) in [7, 11) is -3.28. The van der Waals surface area contributed by atoms with Gasteiger partial charge in [0.15, 0.2) is 6.61 Å². The van der Waals surface area contributed by atoms with Gasteiger partial charge in [0.05, 0.1) is 23.0 Å². The molecule has 1 aromatic heterocycles. The fraction of sp³-hybridized carbons (Fsp3) is 0.261. The molecule has 0 spiro atoms. The first-order valence-corrected chi connectivity index (χ1v) is 12.0. The number of pyridine rings is 1. The Hall–Kier alpha value is -3.30. The molecule has 2 heterocycles. The second kappa shape index (κ2) is 9.05. The van der Waals surface area contributed by atoms with Crippen LogP contribution in [0.3, 0.4) is 0 Å². The summed E-state index contributed by atoms with van der Waals surface area (Å²) in [5.74, 6) is -0.961. The summed E-state index contributed by atoms with van der Waals surface area (Å²) >= 11 is 0. The molecule has 1 aliphatic heterocycles. The van der Waals surface area contributed by atoms with Gasteiger partial charge in [0.1, 0.15) is 0 Å². The van der Waals surface area contributed by atoms with Gasteiger partial charge in [-0.15, -0.1) is 0 Å². The second-order valence-corrected chi connectivity index (χ2v) is 9.54. The molecular weight excluding hydrogens is 430 g/mol. The molecule has 32 heavy (non-hydrogen) atoms. The van der Waals surface area contributed by atoms with Gasteiger partial charge in [0.25, 0.3) is 5.91 Å². The zero-order chi connectivity index (χ0) is 22.7. The first-order valence-electron chi connectivity index (χ1n) is 10.2. The maximum Gasteiger partial charge on any atom is 0.339 e. The van der Waals surface area contributed by atoms with Crippen molar-refractivity contribution in [2.45, 2.75) is 0 Å². The van der Waals surface area contributed by atoms with Crippen molar-refractivity contribution < 1.29 is 22.7 Å². The Bertz CT molecular complexity index is 1250. The molecule has 0 aliphatic carbocycles. The smallest absolute Gasteiger partial charge is 0.339 e. The van der Waals surface area contributed by atoms with Crippen molar-refractivity contribution in [2.75, 3.05) is 39.0 Å². The van der Waals surface area contributed by atoms with Crippen molar-refractivity contribution in [1.29, 1.82) is 0 Å². The maximum absolute atomic E-state index is 12.9. The third kappa shape index (κ3) is 4.79. The Labute approximate surface area is 186 Å². The Morgan fingerprint density at radius 3 is 2.31 bits per heavy atom. The van der Waals surface area contributed by atoms with Crippen LogP contribution in [0, 0.1) is 0 Å². The number of piperazine rings is 1. The normalized spacial score (nSPS) is 15.0. The van der Waals surface area contributed by atoms with Gasteiger partial charge in [-0.3, -0.25) is 4.79 Å². The molecule has 0 N–H and O–H groups in total. The largest absolute Gasteiger partial charge is 0.452 e. The molecule has 8 nitrogen and oxygen atoms in total. The van der Waals surface area contributed by atoms with Crippen molar-refractivity contribution in [1.82, 2.24) is 14.2 Å². The Morgan fingerprint density at radius 1 is 0.969 bits per heavy atom. The van der Waals surface area contributed by atoms with Crippen LogP contribution >= 0.6 is 0 Å². The molecule has 1 aliphatic rings. The number of rotatable bonds is 5. The minimum atomic E-state index is -3.28. The van der Waals surface area contributed by atoms with Gasteiger partial charge in [0.2, 0.25) is 10.0 Å². The quantitative estimate of drug-likeness (QED) is 0.550. The van der Waals surface area contributed by atoms with Crippen molar-refractivity contribution >= 4 is 32.8 Å². The van der Waals surface area contributed by atoms with Crippen LogP contribution < -0.4 is 0 Å². The first kappa shape index (κ1) is 21.9.